The Morgan fingerprint density at radius 3 is 1.49 bits per heavy atom. The van der Waals surface area contributed by atoms with Crippen LogP contribution >= 0.6 is 45.9 Å². The number of anilines is 2. The number of hydrogen-bond donors (Lipinski definition) is 2. The van der Waals surface area contributed by atoms with Crippen LogP contribution in [-0.4, -0.2) is 45.4 Å². The van der Waals surface area contributed by atoms with E-state index in [1.54, 1.807) is 48.5 Å². The summed E-state index contributed by atoms with van der Waals surface area (Å²) in [6.45, 7) is 0.886. The third-order valence-corrected chi connectivity index (χ3v) is 6.81. The molecule has 180 valence electrons. The largest absolute Gasteiger partial charge is 0.381 e. The molecule has 0 unspecified atom stereocenters. The number of halogens is 2. The number of benzene rings is 2. The van der Waals surface area contributed by atoms with Crippen LogP contribution in [-0.2, 0) is 17.6 Å². The maximum absolute atomic E-state index is 12.2. The van der Waals surface area contributed by atoms with Crippen LogP contribution in [0.3, 0.4) is 0 Å². The quantitative estimate of drug-likeness (QED) is 0.267. The van der Waals surface area contributed by atoms with Crippen molar-refractivity contribution in [2.75, 3.05) is 23.8 Å². The highest BCUT2D eigenvalue weighted by atomic mass is 35.5. The highest BCUT2D eigenvalue weighted by molar-refractivity contribution is 7.15. The van der Waals surface area contributed by atoms with E-state index >= 15 is 0 Å². The second kappa shape index (κ2) is 12.1. The number of nitrogens with zero attached hydrogens (tertiary/aromatic N) is 4. The van der Waals surface area contributed by atoms with Gasteiger partial charge in [-0.05, 0) is 48.5 Å². The predicted molar refractivity (Wildman–Crippen MR) is 137 cm³/mol. The van der Waals surface area contributed by atoms with Crippen LogP contribution < -0.4 is 10.6 Å². The van der Waals surface area contributed by atoms with Gasteiger partial charge in [-0.3, -0.25) is 20.2 Å². The van der Waals surface area contributed by atoms with Gasteiger partial charge in [-0.25, -0.2) is 0 Å². The lowest BCUT2D eigenvalue weighted by molar-refractivity contribution is 0.101. The Kier molecular flexibility index (Phi) is 8.72. The first-order chi connectivity index (χ1) is 17.0. The molecule has 4 rings (SSSR count). The Morgan fingerprint density at radius 2 is 1.09 bits per heavy atom. The maximum atomic E-state index is 12.2. The van der Waals surface area contributed by atoms with Crippen molar-refractivity contribution in [2.24, 2.45) is 0 Å². The van der Waals surface area contributed by atoms with Crippen molar-refractivity contribution in [2.45, 2.75) is 12.8 Å². The van der Waals surface area contributed by atoms with Crippen LogP contribution in [0.25, 0.3) is 0 Å². The second-order valence-electron chi connectivity index (χ2n) is 7.04. The highest BCUT2D eigenvalue weighted by Gasteiger charge is 2.12. The molecule has 0 spiro atoms. The molecule has 0 fully saturated rings. The minimum atomic E-state index is -0.276. The minimum Gasteiger partial charge on any atom is -0.381 e. The van der Waals surface area contributed by atoms with Crippen LogP contribution in [0.15, 0.2) is 48.5 Å². The monoisotopic (exact) mass is 548 g/mol. The van der Waals surface area contributed by atoms with Gasteiger partial charge in [0.2, 0.25) is 10.3 Å². The number of amides is 2. The van der Waals surface area contributed by atoms with Crippen molar-refractivity contribution in [3.63, 3.8) is 0 Å². The Bertz CT molecular complexity index is 1200. The van der Waals surface area contributed by atoms with Crippen molar-refractivity contribution in [1.82, 2.24) is 20.4 Å². The van der Waals surface area contributed by atoms with Gasteiger partial charge in [0.1, 0.15) is 10.0 Å². The Hall–Kier alpha value is -2.96. The summed E-state index contributed by atoms with van der Waals surface area (Å²) >= 11 is 14.3. The third kappa shape index (κ3) is 7.51. The summed E-state index contributed by atoms with van der Waals surface area (Å²) in [4.78, 5) is 24.5. The summed E-state index contributed by atoms with van der Waals surface area (Å²) in [6.07, 6.45) is 1.13. The van der Waals surface area contributed by atoms with Crippen molar-refractivity contribution >= 4 is 68.0 Å². The number of ether oxygens (including phenoxy) is 1. The van der Waals surface area contributed by atoms with Gasteiger partial charge in [-0.1, -0.05) is 45.9 Å². The van der Waals surface area contributed by atoms with E-state index in [2.05, 4.69) is 31.0 Å². The molecule has 4 aromatic rings. The van der Waals surface area contributed by atoms with E-state index in [-0.39, 0.29) is 11.8 Å². The Labute approximate surface area is 218 Å². The molecule has 35 heavy (non-hydrogen) atoms. The molecule has 13 heteroatoms. The first kappa shape index (κ1) is 25.1. The van der Waals surface area contributed by atoms with E-state index in [0.717, 1.165) is 10.0 Å². The summed E-state index contributed by atoms with van der Waals surface area (Å²) in [5, 5.41) is 25.1. The molecule has 0 bridgehead atoms. The molecule has 0 aliphatic carbocycles. The maximum Gasteiger partial charge on any atom is 0.257 e. The van der Waals surface area contributed by atoms with Crippen LogP contribution in [0, 0.1) is 0 Å². The molecule has 0 aliphatic heterocycles. The van der Waals surface area contributed by atoms with E-state index < -0.39 is 0 Å². The molecular weight excluding hydrogens is 531 g/mol. The molecule has 2 amide bonds. The summed E-state index contributed by atoms with van der Waals surface area (Å²) in [5.41, 5.74) is 0.970. The molecule has 2 aromatic carbocycles. The van der Waals surface area contributed by atoms with Crippen molar-refractivity contribution in [3.05, 3.63) is 79.7 Å². The first-order valence-corrected chi connectivity index (χ1v) is 12.7. The van der Waals surface area contributed by atoms with Gasteiger partial charge in [-0.2, -0.15) is 0 Å². The van der Waals surface area contributed by atoms with Crippen molar-refractivity contribution < 1.29 is 14.3 Å². The molecule has 0 saturated carbocycles. The lowest BCUT2D eigenvalue weighted by Crippen LogP contribution is -2.11. The number of rotatable bonds is 10. The Balaban J connectivity index is 1.15. The van der Waals surface area contributed by atoms with E-state index in [9.17, 15) is 9.59 Å². The van der Waals surface area contributed by atoms with Gasteiger partial charge in [0.15, 0.2) is 0 Å². The standard InChI is InChI=1S/C22H18Cl2N6O3S2/c23-15-5-1-13(2-6-15)19(31)25-21-29-27-17(34-21)9-11-33-12-10-18-28-30-22(35-18)26-20(32)14-3-7-16(24)8-4-14/h1-8H,9-12H2,(H,25,29,31)(H,26,30,32). The predicted octanol–water partition coefficient (Wildman–Crippen LogP) is 5.00. The number of hydrogen-bond acceptors (Lipinski definition) is 9. The molecule has 2 heterocycles. The lowest BCUT2D eigenvalue weighted by atomic mass is 10.2. The van der Waals surface area contributed by atoms with Gasteiger partial charge in [0.25, 0.3) is 11.8 Å². The van der Waals surface area contributed by atoms with Crippen molar-refractivity contribution in [3.8, 4) is 0 Å². The van der Waals surface area contributed by atoms with Gasteiger partial charge in [0, 0.05) is 34.0 Å². The molecule has 2 aromatic heterocycles. The van der Waals surface area contributed by atoms with Gasteiger partial charge >= 0.3 is 0 Å². The van der Waals surface area contributed by atoms with Crippen LogP contribution in [0.1, 0.15) is 30.7 Å². The molecule has 2 N–H and O–H groups in total. The zero-order valence-corrected chi connectivity index (χ0v) is 21.2. The lowest BCUT2D eigenvalue weighted by Gasteiger charge is -2.01. The van der Waals surface area contributed by atoms with Gasteiger partial charge < -0.3 is 4.74 Å². The van der Waals surface area contributed by atoms with Crippen LogP contribution in [0.5, 0.6) is 0 Å². The van der Waals surface area contributed by atoms with E-state index in [0.29, 0.717) is 57.5 Å². The number of aromatic nitrogens is 4. The van der Waals surface area contributed by atoms with E-state index in [1.165, 1.54) is 22.7 Å². The van der Waals surface area contributed by atoms with E-state index in [1.807, 2.05) is 0 Å². The summed E-state index contributed by atoms with van der Waals surface area (Å²) < 4.78 is 5.66. The van der Waals surface area contributed by atoms with Gasteiger partial charge in [0.05, 0.1) is 13.2 Å². The molecule has 0 aliphatic rings. The average Bonchev–Trinajstić information content (AvgIpc) is 3.49. The van der Waals surface area contributed by atoms with Gasteiger partial charge in [-0.15, -0.1) is 20.4 Å². The Morgan fingerprint density at radius 1 is 0.686 bits per heavy atom. The number of carbonyl (C=O) groups is 2. The van der Waals surface area contributed by atoms with E-state index in [4.69, 9.17) is 27.9 Å². The fourth-order valence-corrected chi connectivity index (χ4v) is 4.46. The van der Waals surface area contributed by atoms with Crippen LogP contribution in [0.4, 0.5) is 10.3 Å². The molecular formula is C22H18Cl2N6O3S2. The molecule has 0 atom stereocenters. The fourth-order valence-electron chi connectivity index (χ4n) is 2.77. The SMILES string of the molecule is O=C(Nc1nnc(CCOCCc2nnc(NC(=O)c3ccc(Cl)cc3)s2)s1)c1ccc(Cl)cc1. The summed E-state index contributed by atoms with van der Waals surface area (Å²) in [5.74, 6) is -0.553. The molecule has 0 saturated heterocycles. The second-order valence-corrected chi connectivity index (χ2v) is 10.0. The smallest absolute Gasteiger partial charge is 0.257 e. The molecule has 0 radical (unpaired) electrons. The zero-order valence-electron chi connectivity index (χ0n) is 18.0. The average molecular weight is 549 g/mol. The minimum absolute atomic E-state index is 0.276. The van der Waals surface area contributed by atoms with Crippen molar-refractivity contribution in [1.29, 1.82) is 0 Å². The third-order valence-electron chi connectivity index (χ3n) is 4.51. The number of carbonyl (C=O) groups excluding carboxylic acids is 2. The summed E-state index contributed by atoms with van der Waals surface area (Å²) in [6, 6.07) is 13.2. The normalized spacial score (nSPS) is 10.8. The zero-order chi connectivity index (χ0) is 24.6. The van der Waals surface area contributed by atoms with Crippen LogP contribution in [0.2, 0.25) is 10.0 Å². The number of nitrogens with one attached hydrogen (secondary N) is 2. The highest BCUT2D eigenvalue weighted by Crippen LogP contribution is 2.19. The summed E-state index contributed by atoms with van der Waals surface area (Å²) in [7, 11) is 0. The first-order valence-electron chi connectivity index (χ1n) is 10.3. The molecule has 9 nitrogen and oxygen atoms in total. The topological polar surface area (TPSA) is 119 Å². The fraction of sp³-hybridized carbons (Fsp3) is 0.182.